The highest BCUT2D eigenvalue weighted by atomic mass is 28.4. The zero-order valence-corrected chi connectivity index (χ0v) is 32.4. The third-order valence-corrected chi connectivity index (χ3v) is 24.2. The fourth-order valence-corrected chi connectivity index (χ4v) is 24.3. The molecule has 0 aromatic rings. The summed E-state index contributed by atoms with van der Waals surface area (Å²) in [4.78, 5) is 0. The molecule has 0 rings (SSSR count). The first-order valence-electron chi connectivity index (χ1n) is 14.9. The molecule has 0 spiro atoms. The quantitative estimate of drug-likeness (QED) is 0.104. The number of rotatable bonds is 26. The molecule has 0 fully saturated rings. The predicted octanol–water partition coefficient (Wildman–Crippen LogP) is 5.00. The molecule has 0 saturated carbocycles. The third-order valence-electron chi connectivity index (χ3n) is 7.15. The van der Waals surface area contributed by atoms with Crippen molar-refractivity contribution in [2.45, 2.75) is 97.3 Å². The van der Waals surface area contributed by atoms with Gasteiger partial charge in [-0.25, -0.2) is 0 Å². The van der Waals surface area contributed by atoms with E-state index in [1.54, 1.807) is 21.3 Å². The molecule has 0 aliphatic carbocycles. The number of nitrogens with zero attached hydrogens (tertiary/aromatic N) is 1. The summed E-state index contributed by atoms with van der Waals surface area (Å²) in [6, 6.07) is 4.17. The van der Waals surface area contributed by atoms with Crippen LogP contribution in [-0.2, 0) is 30.7 Å². The van der Waals surface area contributed by atoms with Gasteiger partial charge in [-0.15, -0.1) is 0 Å². The normalized spacial score (nSPS) is 15.6. The van der Waals surface area contributed by atoms with E-state index in [4.69, 9.17) is 30.7 Å². The molecule has 234 valence electrons. The van der Waals surface area contributed by atoms with Gasteiger partial charge in [-0.05, 0) is 84.7 Å². The number of hydrogen-bond acceptors (Lipinski definition) is 9. The van der Waals surface area contributed by atoms with E-state index in [9.17, 15) is 0 Å². The Bertz CT molecular complexity index is 594. The Morgan fingerprint density at radius 2 is 1.31 bits per heavy atom. The SMILES string of the molecule is CCO[Si](CCCNC[Si]CC[Si](C)(C)O[Si](C)(CC(C)[Si](OC)(OC)OC)N(CC)CC)(OCC)OCC. The van der Waals surface area contributed by atoms with Crippen molar-refractivity contribution in [2.75, 3.05) is 67.0 Å². The Balaban J connectivity index is 4.89. The van der Waals surface area contributed by atoms with Crippen molar-refractivity contribution in [1.29, 1.82) is 0 Å². The van der Waals surface area contributed by atoms with Gasteiger partial charge in [0, 0.05) is 52.7 Å². The second kappa shape index (κ2) is 20.6. The lowest BCUT2D eigenvalue weighted by Crippen LogP contribution is -2.61. The maximum absolute atomic E-state index is 7.23. The van der Waals surface area contributed by atoms with Gasteiger partial charge in [0.2, 0.25) is 0 Å². The van der Waals surface area contributed by atoms with Crippen molar-refractivity contribution in [3.63, 3.8) is 0 Å². The van der Waals surface area contributed by atoms with Crippen molar-refractivity contribution in [3.8, 4) is 0 Å². The Morgan fingerprint density at radius 1 is 0.795 bits per heavy atom. The molecule has 0 saturated heterocycles. The Hall–Kier alpha value is 0.724. The van der Waals surface area contributed by atoms with E-state index < -0.39 is 34.4 Å². The second-order valence-electron chi connectivity index (χ2n) is 10.5. The van der Waals surface area contributed by atoms with Gasteiger partial charge in [0.1, 0.15) is 0 Å². The van der Waals surface area contributed by atoms with E-state index in [1.807, 2.05) is 20.8 Å². The first kappa shape index (κ1) is 39.7. The van der Waals surface area contributed by atoms with Crippen molar-refractivity contribution in [1.82, 2.24) is 9.88 Å². The summed E-state index contributed by atoms with van der Waals surface area (Å²) in [6.45, 7) is 24.7. The van der Waals surface area contributed by atoms with Crippen LogP contribution in [0, 0.1) is 0 Å². The van der Waals surface area contributed by atoms with E-state index in [2.05, 4.69) is 50.3 Å². The van der Waals surface area contributed by atoms with Crippen LogP contribution in [0.25, 0.3) is 0 Å². The molecular weight excluding hydrogens is 581 g/mol. The van der Waals surface area contributed by atoms with Gasteiger partial charge < -0.3 is 40.6 Å². The first-order chi connectivity index (χ1) is 18.4. The van der Waals surface area contributed by atoms with Crippen molar-refractivity contribution in [2.24, 2.45) is 0 Å². The molecule has 0 aliphatic rings. The zero-order chi connectivity index (χ0) is 30.0. The van der Waals surface area contributed by atoms with E-state index in [0.717, 1.165) is 53.8 Å². The highest BCUT2D eigenvalue weighted by Crippen LogP contribution is 2.36. The molecular formula is C25H62N2O7Si5. The first-order valence-corrected chi connectivity index (χ1v) is 25.7. The van der Waals surface area contributed by atoms with Crippen molar-refractivity contribution in [3.05, 3.63) is 0 Å². The molecule has 0 bridgehead atoms. The molecule has 2 radical (unpaired) electrons. The van der Waals surface area contributed by atoms with Crippen LogP contribution in [0.5, 0.6) is 0 Å². The van der Waals surface area contributed by atoms with Crippen LogP contribution in [0.4, 0.5) is 0 Å². The van der Waals surface area contributed by atoms with Crippen LogP contribution in [0.1, 0.15) is 48.0 Å². The highest BCUT2D eigenvalue weighted by Gasteiger charge is 2.51. The minimum atomic E-state index is -2.74. The smallest absolute Gasteiger partial charge is 0.444 e. The topological polar surface area (TPSA) is 79.9 Å². The van der Waals surface area contributed by atoms with Crippen LogP contribution in [0.3, 0.4) is 0 Å². The van der Waals surface area contributed by atoms with Crippen molar-refractivity contribution < 1.29 is 30.7 Å². The van der Waals surface area contributed by atoms with E-state index in [1.165, 1.54) is 12.1 Å². The fourth-order valence-electron chi connectivity index (χ4n) is 5.41. The number of nitrogens with one attached hydrogen (secondary N) is 1. The zero-order valence-electron chi connectivity index (χ0n) is 27.4. The second-order valence-corrected chi connectivity index (χ2v) is 26.3. The molecule has 9 nitrogen and oxygen atoms in total. The lowest BCUT2D eigenvalue weighted by Gasteiger charge is -2.45. The summed E-state index contributed by atoms with van der Waals surface area (Å²) >= 11 is 0. The van der Waals surface area contributed by atoms with Crippen LogP contribution in [-0.4, -0.2) is 115 Å². The Kier molecular flexibility index (Phi) is 21.0. The average molecular weight is 643 g/mol. The minimum Gasteiger partial charge on any atom is -0.444 e. The summed E-state index contributed by atoms with van der Waals surface area (Å²) in [6.07, 6.45) is 2.05. The molecule has 0 aromatic carbocycles. The molecule has 1 N–H and O–H groups in total. The van der Waals surface area contributed by atoms with Crippen LogP contribution in [0.2, 0.25) is 49.4 Å². The Labute approximate surface area is 248 Å². The molecule has 2 unspecified atom stereocenters. The van der Waals surface area contributed by atoms with E-state index >= 15 is 0 Å². The maximum Gasteiger partial charge on any atom is 0.502 e. The summed E-state index contributed by atoms with van der Waals surface area (Å²) in [5.74, 6) is 0. The van der Waals surface area contributed by atoms with Gasteiger partial charge in [-0.3, -0.25) is 0 Å². The summed E-state index contributed by atoms with van der Waals surface area (Å²) in [5, 5.41) is 3.62. The predicted molar refractivity (Wildman–Crippen MR) is 172 cm³/mol. The van der Waals surface area contributed by atoms with Crippen LogP contribution < -0.4 is 5.32 Å². The average Bonchev–Trinajstić information content (AvgIpc) is 2.87. The Morgan fingerprint density at radius 3 is 1.74 bits per heavy atom. The van der Waals surface area contributed by atoms with Crippen LogP contribution >= 0.6 is 0 Å². The summed E-state index contributed by atoms with van der Waals surface area (Å²) in [7, 11) is -3.36. The van der Waals surface area contributed by atoms with Gasteiger partial charge in [0.15, 0.2) is 8.32 Å². The molecule has 2 atom stereocenters. The standard InChI is InChI=1S/C25H62N2O7Si5/c1-13-27(14-2)37(12,23-25(6)39(28-7,29-8)30-9)34-36(10,11)22-20-35-24-26-19-18-21-38(31-15-3,32-16-4)33-17-5/h25-26H,13-24H2,1-12H3. The molecule has 0 heterocycles. The summed E-state index contributed by atoms with van der Waals surface area (Å²) in [5.41, 5.74) is 0.167. The van der Waals surface area contributed by atoms with Gasteiger partial charge in [-0.2, -0.15) is 0 Å². The molecule has 14 heteroatoms. The van der Waals surface area contributed by atoms with Crippen LogP contribution in [0.15, 0.2) is 0 Å². The highest BCUT2D eigenvalue weighted by molar-refractivity contribution is 6.85. The molecule has 0 aromatic heterocycles. The fraction of sp³-hybridized carbons (Fsp3) is 1.00. The van der Waals surface area contributed by atoms with Gasteiger partial charge >= 0.3 is 17.6 Å². The minimum absolute atomic E-state index is 0.167. The van der Waals surface area contributed by atoms with E-state index in [-0.39, 0.29) is 5.54 Å². The maximum atomic E-state index is 7.23. The van der Waals surface area contributed by atoms with E-state index in [0.29, 0.717) is 19.8 Å². The lowest BCUT2D eigenvalue weighted by molar-refractivity contribution is 0.0708. The van der Waals surface area contributed by atoms with Crippen molar-refractivity contribution >= 4 is 43.9 Å². The molecule has 39 heavy (non-hydrogen) atoms. The third kappa shape index (κ3) is 13.7. The molecule has 0 aliphatic heterocycles. The lowest BCUT2D eigenvalue weighted by atomic mass is 10.5. The monoisotopic (exact) mass is 642 g/mol. The van der Waals surface area contributed by atoms with Gasteiger partial charge in [-0.1, -0.05) is 26.8 Å². The largest absolute Gasteiger partial charge is 0.502 e. The molecule has 0 amide bonds. The summed E-state index contributed by atoms with van der Waals surface area (Å²) < 4.78 is 45.2. The van der Waals surface area contributed by atoms with Gasteiger partial charge in [0.05, 0.1) is 9.52 Å². The van der Waals surface area contributed by atoms with Gasteiger partial charge in [0.25, 0.3) is 8.48 Å². The number of hydrogen-bond donors (Lipinski definition) is 1.